The van der Waals surface area contributed by atoms with Crippen molar-refractivity contribution in [3.63, 3.8) is 0 Å². The molecule has 2 fully saturated rings. The van der Waals surface area contributed by atoms with E-state index in [1.807, 2.05) is 63.2 Å². The number of piperidine rings is 2. The van der Waals surface area contributed by atoms with Crippen molar-refractivity contribution in [3.05, 3.63) is 53.2 Å². The molecular formula is C31H38N6O4. The predicted molar refractivity (Wildman–Crippen MR) is 158 cm³/mol. The van der Waals surface area contributed by atoms with Crippen molar-refractivity contribution in [2.45, 2.75) is 70.5 Å². The van der Waals surface area contributed by atoms with Crippen LogP contribution in [0.3, 0.4) is 0 Å². The normalized spacial score (nSPS) is 20.0. The van der Waals surface area contributed by atoms with E-state index in [2.05, 4.69) is 10.6 Å². The van der Waals surface area contributed by atoms with E-state index in [0.717, 1.165) is 34.8 Å². The van der Waals surface area contributed by atoms with E-state index in [0.29, 0.717) is 37.2 Å². The van der Waals surface area contributed by atoms with Crippen molar-refractivity contribution in [1.82, 2.24) is 20.4 Å². The van der Waals surface area contributed by atoms with Crippen LogP contribution in [0.5, 0.6) is 0 Å². The average Bonchev–Trinajstić information content (AvgIpc) is 3.23. The summed E-state index contributed by atoms with van der Waals surface area (Å²) in [5, 5.41) is 15.6. The van der Waals surface area contributed by atoms with E-state index in [9.17, 15) is 19.2 Å². The number of carbonyl (C=O) groups excluding carboxylic acids is 4. The zero-order valence-electron chi connectivity index (χ0n) is 24.1. The van der Waals surface area contributed by atoms with Crippen LogP contribution in [0.2, 0.25) is 0 Å². The van der Waals surface area contributed by atoms with Gasteiger partial charge in [-0.3, -0.25) is 24.6 Å². The summed E-state index contributed by atoms with van der Waals surface area (Å²) < 4.78 is 0. The van der Waals surface area contributed by atoms with Crippen molar-refractivity contribution in [1.29, 1.82) is 5.41 Å². The Morgan fingerprint density at radius 1 is 1.12 bits per heavy atom. The molecule has 2 saturated heterocycles. The first kappa shape index (κ1) is 28.3. The Kier molecular flexibility index (Phi) is 7.59. The number of allylic oxidation sites excluding steroid dienone is 1. The first-order chi connectivity index (χ1) is 19.5. The van der Waals surface area contributed by atoms with Gasteiger partial charge >= 0.3 is 6.03 Å². The number of carbonyl (C=O) groups is 4. The highest BCUT2D eigenvalue weighted by Crippen LogP contribution is 2.41. The summed E-state index contributed by atoms with van der Waals surface area (Å²) in [5.41, 5.74) is 2.76. The minimum atomic E-state index is -0.724. The van der Waals surface area contributed by atoms with Gasteiger partial charge in [0.1, 0.15) is 6.04 Å². The Morgan fingerprint density at radius 2 is 1.85 bits per heavy atom. The number of amides is 5. The van der Waals surface area contributed by atoms with E-state index in [4.69, 9.17) is 5.41 Å². The maximum absolute atomic E-state index is 13.4. The lowest BCUT2D eigenvalue weighted by atomic mass is 9.96. The van der Waals surface area contributed by atoms with E-state index in [-0.39, 0.29) is 35.8 Å². The highest BCUT2D eigenvalue weighted by molar-refractivity contribution is 6.27. The molecule has 3 N–H and O–H groups in total. The first-order valence-electron chi connectivity index (χ1n) is 14.2. The molecule has 10 nitrogen and oxygen atoms in total. The number of urea groups is 1. The number of imide groups is 1. The van der Waals surface area contributed by atoms with Crippen LogP contribution >= 0.6 is 0 Å². The highest BCUT2D eigenvalue weighted by atomic mass is 16.2. The smallest absolute Gasteiger partial charge is 0.320 e. The number of rotatable bonds is 6. The molecule has 0 spiro atoms. The highest BCUT2D eigenvalue weighted by Gasteiger charge is 2.41. The molecular weight excluding hydrogens is 520 g/mol. The molecule has 2 aromatic carbocycles. The third kappa shape index (κ3) is 5.42. The number of nitrogens with one attached hydrogen (secondary N) is 3. The molecule has 5 amide bonds. The van der Waals surface area contributed by atoms with Crippen molar-refractivity contribution in [2.75, 3.05) is 25.0 Å². The summed E-state index contributed by atoms with van der Waals surface area (Å²) in [6.45, 7) is 7.43. The van der Waals surface area contributed by atoms with Gasteiger partial charge in [0.2, 0.25) is 11.8 Å². The second kappa shape index (κ2) is 11.0. The zero-order valence-corrected chi connectivity index (χ0v) is 24.1. The average molecular weight is 559 g/mol. The molecule has 3 aliphatic heterocycles. The molecule has 3 aliphatic rings. The molecule has 41 heavy (non-hydrogen) atoms. The fraction of sp³-hybridized carbons (Fsp3) is 0.452. The van der Waals surface area contributed by atoms with Gasteiger partial charge in [-0.05, 0) is 68.7 Å². The predicted octanol–water partition coefficient (Wildman–Crippen LogP) is 3.59. The van der Waals surface area contributed by atoms with Gasteiger partial charge in [0.25, 0.3) is 5.91 Å². The van der Waals surface area contributed by atoms with Gasteiger partial charge in [0.15, 0.2) is 0 Å². The largest absolute Gasteiger partial charge is 0.388 e. The Morgan fingerprint density at radius 3 is 2.51 bits per heavy atom. The molecule has 5 rings (SSSR count). The third-order valence-corrected chi connectivity index (χ3v) is 8.48. The topological polar surface area (TPSA) is 126 Å². The van der Waals surface area contributed by atoms with Crippen LogP contribution in [0.25, 0.3) is 10.8 Å². The maximum Gasteiger partial charge on any atom is 0.320 e. The van der Waals surface area contributed by atoms with Crippen LogP contribution in [0.4, 0.5) is 10.5 Å². The molecule has 0 aromatic heterocycles. The molecule has 3 heterocycles. The molecule has 10 heteroatoms. The van der Waals surface area contributed by atoms with E-state index in [1.165, 1.54) is 11.1 Å². The monoisotopic (exact) mass is 558 g/mol. The minimum Gasteiger partial charge on any atom is -0.388 e. The number of hydrogen-bond donors (Lipinski definition) is 3. The lowest BCUT2D eigenvalue weighted by molar-refractivity contribution is -0.134. The van der Waals surface area contributed by atoms with Crippen LogP contribution in [0, 0.1) is 5.41 Å². The molecule has 1 atom stereocenters. The summed E-state index contributed by atoms with van der Waals surface area (Å²) in [5.74, 6) is -1.00. The lowest BCUT2D eigenvalue weighted by Gasteiger charge is -2.39. The summed E-state index contributed by atoms with van der Waals surface area (Å²) in [7, 11) is 1.84. The molecule has 0 aliphatic carbocycles. The van der Waals surface area contributed by atoms with E-state index in [1.54, 1.807) is 11.0 Å². The maximum atomic E-state index is 13.4. The van der Waals surface area contributed by atoms with Gasteiger partial charge in [0, 0.05) is 67.9 Å². The summed E-state index contributed by atoms with van der Waals surface area (Å²) in [6, 6.07) is 8.94. The Hall–Kier alpha value is -4.21. The van der Waals surface area contributed by atoms with Gasteiger partial charge < -0.3 is 20.5 Å². The van der Waals surface area contributed by atoms with Gasteiger partial charge in [-0.1, -0.05) is 18.2 Å². The Balaban J connectivity index is 1.29. The number of likely N-dealkylation sites (tertiary alicyclic amines) is 1. The molecule has 0 saturated carbocycles. The van der Waals surface area contributed by atoms with E-state index >= 15 is 0 Å². The fourth-order valence-electron chi connectivity index (χ4n) is 5.78. The number of anilines is 1. The van der Waals surface area contributed by atoms with Gasteiger partial charge in [-0.2, -0.15) is 0 Å². The van der Waals surface area contributed by atoms with Gasteiger partial charge in [0.05, 0.1) is 5.69 Å². The van der Waals surface area contributed by atoms with Crippen LogP contribution in [0.1, 0.15) is 62.4 Å². The quantitative estimate of drug-likeness (QED) is 0.369. The SMILES string of the molecule is CN(C(=O)N1CCC(N/C=C(\C=N)Cc2ccc3c4c(cccc24)C(=O)N3C2CCC(=O)NC2=O)CC1)C(C)(C)C. The molecule has 0 radical (unpaired) electrons. The summed E-state index contributed by atoms with van der Waals surface area (Å²) in [6.07, 6.45) is 5.86. The summed E-state index contributed by atoms with van der Waals surface area (Å²) in [4.78, 5) is 55.7. The van der Waals surface area contributed by atoms with Crippen LogP contribution in [-0.4, -0.2) is 77.5 Å². The summed E-state index contributed by atoms with van der Waals surface area (Å²) >= 11 is 0. The first-order valence-corrected chi connectivity index (χ1v) is 14.2. The second-order valence-electron chi connectivity index (χ2n) is 12.1. The van der Waals surface area contributed by atoms with Crippen molar-refractivity contribution < 1.29 is 19.2 Å². The van der Waals surface area contributed by atoms with Crippen molar-refractivity contribution in [2.24, 2.45) is 0 Å². The van der Waals surface area contributed by atoms with Crippen LogP contribution < -0.4 is 15.5 Å². The standard InChI is InChI=1S/C31H38N6O4/c1-31(2,3)35(4)30(41)36-14-12-21(13-15-36)33-18-19(17-32)16-20-8-9-24-27-22(20)6-5-7-23(27)29(40)37(24)25-10-11-26(38)34-28(25)39/h5-9,17-18,21,25,32-33H,10-16H2,1-4H3,(H,34,38,39)/b19-18-,32-17?. The van der Waals surface area contributed by atoms with Crippen molar-refractivity contribution >= 4 is 46.4 Å². The minimum absolute atomic E-state index is 0.0494. The molecule has 2 aromatic rings. The number of hydrogen-bond acceptors (Lipinski definition) is 6. The molecule has 216 valence electrons. The Labute approximate surface area is 240 Å². The van der Waals surface area contributed by atoms with Crippen molar-refractivity contribution in [3.8, 4) is 0 Å². The fourth-order valence-corrected chi connectivity index (χ4v) is 5.78. The van der Waals surface area contributed by atoms with E-state index < -0.39 is 11.9 Å². The lowest BCUT2D eigenvalue weighted by Crippen LogP contribution is -2.53. The number of benzene rings is 2. The van der Waals surface area contributed by atoms with Gasteiger partial charge in [-0.15, -0.1) is 0 Å². The second-order valence-corrected chi connectivity index (χ2v) is 12.1. The third-order valence-electron chi connectivity index (χ3n) is 8.48. The van der Waals surface area contributed by atoms with Gasteiger partial charge in [-0.25, -0.2) is 4.79 Å². The number of nitrogens with zero attached hydrogens (tertiary/aromatic N) is 3. The zero-order chi connectivity index (χ0) is 29.5. The van der Waals surface area contributed by atoms with Crippen LogP contribution in [-0.2, 0) is 16.0 Å². The molecule has 0 bridgehead atoms. The molecule has 1 unspecified atom stereocenters. The Bertz CT molecular complexity index is 1450. The van der Waals surface area contributed by atoms with Crippen LogP contribution in [0.15, 0.2) is 42.1 Å².